The largest absolute Gasteiger partial charge is 0.494 e. The molecule has 7 nitrogen and oxygen atoms in total. The predicted octanol–water partition coefficient (Wildman–Crippen LogP) is 0.627. The molecular weight excluding hydrogens is 308 g/mol. The van der Waals surface area contributed by atoms with Crippen LogP contribution in [0.25, 0.3) is 0 Å². The SMILES string of the molecule is CCOc1ccc(S(=O)(=O)NOCCN2CCOCC2)cc1. The van der Waals surface area contributed by atoms with Gasteiger partial charge in [0, 0.05) is 19.6 Å². The molecule has 0 amide bonds. The lowest BCUT2D eigenvalue weighted by Crippen LogP contribution is -2.39. The van der Waals surface area contributed by atoms with Crippen LogP contribution in [0.4, 0.5) is 0 Å². The minimum Gasteiger partial charge on any atom is -0.494 e. The molecule has 8 heteroatoms. The van der Waals surface area contributed by atoms with Crippen molar-refractivity contribution in [2.45, 2.75) is 11.8 Å². The molecular formula is C14H22N2O5S. The van der Waals surface area contributed by atoms with Crippen LogP contribution in [0.1, 0.15) is 6.92 Å². The molecule has 124 valence electrons. The Hall–Kier alpha value is -1.19. The molecule has 1 aliphatic rings. The highest BCUT2D eigenvalue weighted by Gasteiger charge is 2.15. The summed E-state index contributed by atoms with van der Waals surface area (Å²) in [5, 5.41) is 0. The lowest BCUT2D eigenvalue weighted by Gasteiger charge is -2.26. The van der Waals surface area contributed by atoms with Gasteiger partial charge in [-0.2, -0.15) is 0 Å². The van der Waals surface area contributed by atoms with Gasteiger partial charge in [0.25, 0.3) is 10.0 Å². The van der Waals surface area contributed by atoms with Gasteiger partial charge in [0.05, 0.1) is 31.3 Å². The van der Waals surface area contributed by atoms with Gasteiger partial charge in [-0.05, 0) is 31.2 Å². The maximum atomic E-state index is 12.0. The van der Waals surface area contributed by atoms with E-state index in [-0.39, 0.29) is 11.5 Å². The molecule has 1 aromatic rings. The van der Waals surface area contributed by atoms with Crippen molar-refractivity contribution in [3.8, 4) is 5.75 Å². The molecule has 0 saturated carbocycles. The molecule has 0 aromatic heterocycles. The lowest BCUT2D eigenvalue weighted by molar-refractivity contribution is 0.0125. The van der Waals surface area contributed by atoms with Crippen molar-refractivity contribution in [2.24, 2.45) is 0 Å². The normalized spacial score (nSPS) is 16.6. The quantitative estimate of drug-likeness (QED) is 0.556. The summed E-state index contributed by atoms with van der Waals surface area (Å²) in [5.74, 6) is 0.634. The fourth-order valence-corrected chi connectivity index (χ4v) is 2.88. The topological polar surface area (TPSA) is 77.1 Å². The average molecular weight is 330 g/mol. The molecule has 1 heterocycles. The molecule has 0 bridgehead atoms. The third-order valence-corrected chi connectivity index (χ3v) is 4.46. The van der Waals surface area contributed by atoms with Crippen LogP contribution >= 0.6 is 0 Å². The first kappa shape index (κ1) is 17.2. The molecule has 0 aliphatic carbocycles. The zero-order chi connectivity index (χ0) is 15.8. The number of morpholine rings is 1. The van der Waals surface area contributed by atoms with Gasteiger partial charge in [-0.25, -0.2) is 8.42 Å². The third kappa shape index (κ3) is 5.22. The average Bonchev–Trinajstić information content (AvgIpc) is 2.53. The van der Waals surface area contributed by atoms with E-state index in [2.05, 4.69) is 9.79 Å². The molecule has 1 fully saturated rings. The van der Waals surface area contributed by atoms with Crippen LogP contribution in [0.2, 0.25) is 0 Å². The van der Waals surface area contributed by atoms with Gasteiger partial charge in [-0.1, -0.05) is 4.89 Å². The first-order chi connectivity index (χ1) is 10.6. The summed E-state index contributed by atoms with van der Waals surface area (Å²) in [7, 11) is -3.67. The van der Waals surface area contributed by atoms with Crippen LogP contribution in [-0.2, 0) is 19.6 Å². The number of rotatable bonds is 8. The van der Waals surface area contributed by atoms with Crippen LogP contribution < -0.4 is 9.62 Å². The second kappa shape index (κ2) is 8.44. The first-order valence-corrected chi connectivity index (χ1v) is 8.76. The maximum absolute atomic E-state index is 12.0. The van der Waals surface area contributed by atoms with E-state index >= 15 is 0 Å². The Morgan fingerprint density at radius 3 is 2.55 bits per heavy atom. The summed E-state index contributed by atoms with van der Waals surface area (Å²) in [6.07, 6.45) is 0. The van der Waals surface area contributed by atoms with Crippen LogP contribution in [0.5, 0.6) is 5.75 Å². The minimum absolute atomic E-state index is 0.141. The summed E-state index contributed by atoms with van der Waals surface area (Å²) in [6.45, 7) is 6.45. The third-order valence-electron chi connectivity index (χ3n) is 3.23. The standard InChI is InChI=1S/C14H22N2O5S/c1-2-20-13-3-5-14(6-4-13)22(17,18)15-21-12-9-16-7-10-19-11-8-16/h3-6,15H,2,7-12H2,1H3. The van der Waals surface area contributed by atoms with Gasteiger partial charge >= 0.3 is 0 Å². The molecule has 1 aromatic carbocycles. The van der Waals surface area contributed by atoms with Crippen LogP contribution in [0, 0.1) is 0 Å². The van der Waals surface area contributed by atoms with E-state index in [1.165, 1.54) is 12.1 Å². The van der Waals surface area contributed by atoms with Crippen molar-refractivity contribution in [3.63, 3.8) is 0 Å². The highest BCUT2D eigenvalue weighted by Crippen LogP contribution is 2.15. The molecule has 0 atom stereocenters. The van der Waals surface area contributed by atoms with Crippen molar-refractivity contribution in [3.05, 3.63) is 24.3 Å². The number of nitrogens with zero attached hydrogens (tertiary/aromatic N) is 1. The summed E-state index contributed by atoms with van der Waals surface area (Å²) >= 11 is 0. The van der Waals surface area contributed by atoms with E-state index < -0.39 is 10.0 Å². The molecule has 1 N–H and O–H groups in total. The molecule has 1 saturated heterocycles. The van der Waals surface area contributed by atoms with Gasteiger partial charge in [-0.15, -0.1) is 0 Å². The van der Waals surface area contributed by atoms with Gasteiger partial charge in [0.1, 0.15) is 5.75 Å². The van der Waals surface area contributed by atoms with Gasteiger partial charge in [0.15, 0.2) is 0 Å². The molecule has 2 rings (SSSR count). The predicted molar refractivity (Wildman–Crippen MR) is 81.1 cm³/mol. The fourth-order valence-electron chi connectivity index (χ4n) is 2.05. The van der Waals surface area contributed by atoms with Crippen LogP contribution in [0.15, 0.2) is 29.2 Å². The number of hydrogen-bond acceptors (Lipinski definition) is 6. The van der Waals surface area contributed by atoms with E-state index in [4.69, 9.17) is 14.3 Å². The Morgan fingerprint density at radius 1 is 1.23 bits per heavy atom. The Kier molecular flexibility index (Phi) is 6.59. The molecule has 0 radical (unpaired) electrons. The number of benzene rings is 1. The monoisotopic (exact) mass is 330 g/mol. The second-order valence-electron chi connectivity index (χ2n) is 4.79. The van der Waals surface area contributed by atoms with Crippen molar-refractivity contribution < 1.29 is 22.7 Å². The van der Waals surface area contributed by atoms with E-state index in [1.807, 2.05) is 6.92 Å². The Balaban J connectivity index is 1.77. The Morgan fingerprint density at radius 2 is 1.91 bits per heavy atom. The lowest BCUT2D eigenvalue weighted by atomic mass is 10.3. The summed E-state index contributed by atoms with van der Waals surface area (Å²) in [4.78, 5) is 9.52. The van der Waals surface area contributed by atoms with Gasteiger partial charge in [-0.3, -0.25) is 9.74 Å². The summed E-state index contributed by atoms with van der Waals surface area (Å²) in [6, 6.07) is 6.20. The zero-order valence-electron chi connectivity index (χ0n) is 12.7. The highest BCUT2D eigenvalue weighted by atomic mass is 32.2. The van der Waals surface area contributed by atoms with E-state index in [0.29, 0.717) is 32.1 Å². The zero-order valence-corrected chi connectivity index (χ0v) is 13.5. The van der Waals surface area contributed by atoms with E-state index in [0.717, 1.165) is 13.1 Å². The molecule has 22 heavy (non-hydrogen) atoms. The van der Waals surface area contributed by atoms with Crippen LogP contribution in [-0.4, -0.2) is 59.4 Å². The number of ether oxygens (including phenoxy) is 2. The van der Waals surface area contributed by atoms with E-state index in [9.17, 15) is 8.42 Å². The summed E-state index contributed by atoms with van der Waals surface area (Å²) in [5.41, 5.74) is 0. The number of sulfonamides is 1. The maximum Gasteiger partial charge on any atom is 0.262 e. The van der Waals surface area contributed by atoms with Gasteiger partial charge < -0.3 is 9.47 Å². The van der Waals surface area contributed by atoms with E-state index in [1.54, 1.807) is 12.1 Å². The summed E-state index contributed by atoms with van der Waals surface area (Å²) < 4.78 is 34.6. The van der Waals surface area contributed by atoms with Crippen molar-refractivity contribution in [1.82, 2.24) is 9.79 Å². The van der Waals surface area contributed by atoms with Crippen LogP contribution in [0.3, 0.4) is 0 Å². The molecule has 0 spiro atoms. The fraction of sp³-hybridized carbons (Fsp3) is 0.571. The molecule has 1 aliphatic heterocycles. The minimum atomic E-state index is -3.67. The smallest absolute Gasteiger partial charge is 0.262 e. The first-order valence-electron chi connectivity index (χ1n) is 7.28. The molecule has 0 unspecified atom stereocenters. The Bertz CT molecular complexity index is 541. The van der Waals surface area contributed by atoms with Gasteiger partial charge in [0.2, 0.25) is 0 Å². The number of hydrogen-bond donors (Lipinski definition) is 1. The van der Waals surface area contributed by atoms with Crippen molar-refractivity contribution in [1.29, 1.82) is 0 Å². The highest BCUT2D eigenvalue weighted by molar-refractivity contribution is 7.89. The second-order valence-corrected chi connectivity index (χ2v) is 6.44. The number of nitrogens with one attached hydrogen (secondary N) is 1. The Labute approximate surface area is 131 Å². The van der Waals surface area contributed by atoms with Crippen molar-refractivity contribution >= 4 is 10.0 Å². The van der Waals surface area contributed by atoms with Crippen molar-refractivity contribution in [2.75, 3.05) is 46.1 Å².